The second-order valence-corrected chi connectivity index (χ2v) is 7.59. The Kier molecular flexibility index (Phi) is 10.3. The van der Waals surface area contributed by atoms with E-state index >= 15 is 0 Å². The van der Waals surface area contributed by atoms with Crippen LogP contribution in [0.4, 0.5) is 0 Å². The van der Waals surface area contributed by atoms with Gasteiger partial charge >= 0.3 is 0 Å². The lowest BCUT2D eigenvalue weighted by Gasteiger charge is -2.18. The molecule has 0 aliphatic rings. The molecule has 8 nitrogen and oxygen atoms in total. The topological polar surface area (TPSA) is 93.2 Å². The van der Waals surface area contributed by atoms with Crippen molar-refractivity contribution in [2.24, 2.45) is 4.99 Å². The van der Waals surface area contributed by atoms with Crippen molar-refractivity contribution in [3.63, 3.8) is 0 Å². The average molecular weight is 558 g/mol. The van der Waals surface area contributed by atoms with Gasteiger partial charge in [0.1, 0.15) is 0 Å². The predicted molar refractivity (Wildman–Crippen MR) is 133 cm³/mol. The Hall–Kier alpha value is -2.14. The summed E-state index contributed by atoms with van der Waals surface area (Å²) in [5.74, 6) is 2.34. The Labute approximate surface area is 204 Å². The van der Waals surface area contributed by atoms with Crippen LogP contribution in [-0.4, -0.2) is 45.5 Å². The van der Waals surface area contributed by atoms with Gasteiger partial charge in [0.05, 0.1) is 12.6 Å². The van der Waals surface area contributed by atoms with E-state index in [1.54, 1.807) is 6.20 Å². The van der Waals surface area contributed by atoms with E-state index in [1.807, 2.05) is 62.0 Å². The third-order valence-corrected chi connectivity index (χ3v) is 4.75. The second-order valence-electron chi connectivity index (χ2n) is 7.15. The summed E-state index contributed by atoms with van der Waals surface area (Å²) in [5, 5.41) is 15.7. The van der Waals surface area contributed by atoms with Crippen LogP contribution < -0.4 is 10.6 Å². The van der Waals surface area contributed by atoms with Gasteiger partial charge < -0.3 is 15.2 Å². The zero-order valence-electron chi connectivity index (χ0n) is 18.0. The molecule has 10 heteroatoms. The number of benzene rings is 1. The molecule has 1 aromatic carbocycles. The summed E-state index contributed by atoms with van der Waals surface area (Å²) >= 11 is 6.05. The third-order valence-electron chi connectivity index (χ3n) is 4.50. The number of aliphatic imine (C=N–C) groups is 1. The van der Waals surface area contributed by atoms with Crippen LogP contribution in [0, 0.1) is 0 Å². The van der Waals surface area contributed by atoms with E-state index in [0.29, 0.717) is 30.4 Å². The molecule has 2 aromatic heterocycles. The maximum absolute atomic E-state index is 6.05. The molecule has 0 amide bonds. The van der Waals surface area contributed by atoms with Crippen molar-refractivity contribution in [1.82, 2.24) is 30.6 Å². The van der Waals surface area contributed by atoms with E-state index < -0.39 is 0 Å². The molecule has 168 valence electrons. The highest BCUT2D eigenvalue weighted by Crippen LogP contribution is 2.20. The summed E-state index contributed by atoms with van der Waals surface area (Å²) in [6, 6.07) is 9.66. The normalized spacial score (nSPS) is 12.5. The molecule has 1 atom stereocenters. The molecule has 0 saturated carbocycles. The minimum absolute atomic E-state index is 0. The summed E-state index contributed by atoms with van der Waals surface area (Å²) in [6.07, 6.45) is 4.34. The Morgan fingerprint density at radius 1 is 1.23 bits per heavy atom. The fraction of sp³-hybridized carbons (Fsp3) is 0.429. The Morgan fingerprint density at radius 3 is 2.61 bits per heavy atom. The van der Waals surface area contributed by atoms with Crippen LogP contribution in [0.5, 0.6) is 0 Å². The van der Waals surface area contributed by atoms with Gasteiger partial charge in [0.15, 0.2) is 11.8 Å². The standard InChI is InChI=1S/C21H28ClN7O.HI/c1-4-23-21(24-12-10-19-27-20(15(2)3)28-30-19)25-14-18(29-13-5-11-26-29)16-6-8-17(22)9-7-16;/h5-9,11,13,15,18H,4,10,12,14H2,1-3H3,(H2,23,24,25);1H. The minimum atomic E-state index is -0.0303. The number of hydrogen-bond donors (Lipinski definition) is 2. The van der Waals surface area contributed by atoms with Crippen LogP contribution in [0.25, 0.3) is 0 Å². The van der Waals surface area contributed by atoms with E-state index in [0.717, 1.165) is 23.9 Å². The van der Waals surface area contributed by atoms with Crippen molar-refractivity contribution in [3.05, 3.63) is 65.0 Å². The first-order valence-electron chi connectivity index (χ1n) is 10.2. The van der Waals surface area contributed by atoms with Crippen molar-refractivity contribution in [1.29, 1.82) is 0 Å². The van der Waals surface area contributed by atoms with Gasteiger partial charge in [-0.05, 0) is 30.7 Å². The molecule has 0 aliphatic heterocycles. The van der Waals surface area contributed by atoms with Crippen molar-refractivity contribution >= 4 is 41.5 Å². The van der Waals surface area contributed by atoms with Crippen LogP contribution in [0.3, 0.4) is 0 Å². The largest absolute Gasteiger partial charge is 0.357 e. The van der Waals surface area contributed by atoms with Crippen molar-refractivity contribution in [3.8, 4) is 0 Å². The van der Waals surface area contributed by atoms with Gasteiger partial charge in [0.25, 0.3) is 0 Å². The fourth-order valence-corrected chi connectivity index (χ4v) is 3.03. The number of rotatable bonds is 9. The highest BCUT2D eigenvalue weighted by atomic mass is 127. The van der Waals surface area contributed by atoms with E-state index in [-0.39, 0.29) is 35.9 Å². The quantitative estimate of drug-likeness (QED) is 0.234. The van der Waals surface area contributed by atoms with Crippen LogP contribution in [-0.2, 0) is 6.42 Å². The Morgan fingerprint density at radius 2 is 2.00 bits per heavy atom. The third kappa shape index (κ3) is 7.49. The number of nitrogens with one attached hydrogen (secondary N) is 2. The number of halogens is 2. The van der Waals surface area contributed by atoms with Crippen LogP contribution in [0.2, 0.25) is 5.02 Å². The second kappa shape index (κ2) is 12.7. The van der Waals surface area contributed by atoms with Crippen LogP contribution in [0.15, 0.2) is 52.2 Å². The van der Waals surface area contributed by atoms with Gasteiger partial charge in [-0.15, -0.1) is 24.0 Å². The number of hydrogen-bond acceptors (Lipinski definition) is 5. The van der Waals surface area contributed by atoms with Gasteiger partial charge in [-0.3, -0.25) is 9.67 Å². The van der Waals surface area contributed by atoms with Crippen LogP contribution in [0.1, 0.15) is 50.0 Å². The first-order valence-corrected chi connectivity index (χ1v) is 10.5. The highest BCUT2D eigenvalue weighted by molar-refractivity contribution is 14.0. The van der Waals surface area contributed by atoms with E-state index in [4.69, 9.17) is 21.1 Å². The molecule has 0 radical (unpaired) electrons. The monoisotopic (exact) mass is 557 g/mol. The fourth-order valence-electron chi connectivity index (χ4n) is 2.90. The van der Waals surface area contributed by atoms with Gasteiger partial charge in [0.2, 0.25) is 5.89 Å². The molecule has 0 fully saturated rings. The molecule has 2 N–H and O–H groups in total. The van der Waals surface area contributed by atoms with Gasteiger partial charge in [-0.2, -0.15) is 10.1 Å². The summed E-state index contributed by atoms with van der Waals surface area (Å²) in [4.78, 5) is 9.17. The average Bonchev–Trinajstić information content (AvgIpc) is 3.42. The van der Waals surface area contributed by atoms with Crippen LogP contribution >= 0.6 is 35.6 Å². The number of guanidine groups is 1. The first-order chi connectivity index (χ1) is 14.6. The Bertz CT molecular complexity index is 926. The maximum atomic E-state index is 6.05. The smallest absolute Gasteiger partial charge is 0.228 e. The SMILES string of the molecule is CCNC(=NCC(c1ccc(Cl)cc1)n1cccn1)NCCc1nc(C(C)C)no1.I. The lowest BCUT2D eigenvalue weighted by atomic mass is 10.1. The highest BCUT2D eigenvalue weighted by Gasteiger charge is 2.14. The molecule has 0 bridgehead atoms. The lowest BCUT2D eigenvalue weighted by molar-refractivity contribution is 0.371. The van der Waals surface area contributed by atoms with Crippen molar-refractivity contribution in [2.45, 2.75) is 39.2 Å². The minimum Gasteiger partial charge on any atom is -0.357 e. The summed E-state index contributed by atoms with van der Waals surface area (Å²) < 4.78 is 7.20. The zero-order valence-corrected chi connectivity index (χ0v) is 21.0. The van der Waals surface area contributed by atoms with E-state index in [9.17, 15) is 0 Å². The number of nitrogens with zero attached hydrogens (tertiary/aromatic N) is 5. The summed E-state index contributed by atoms with van der Waals surface area (Å²) in [5.41, 5.74) is 1.09. The zero-order chi connectivity index (χ0) is 21.3. The molecular formula is C21H29ClIN7O. The molecule has 0 spiro atoms. The van der Waals surface area contributed by atoms with Crippen molar-refractivity contribution < 1.29 is 4.52 Å². The molecule has 0 aliphatic carbocycles. The maximum Gasteiger partial charge on any atom is 0.228 e. The molecule has 3 aromatic rings. The molecule has 3 rings (SSSR count). The molecule has 0 saturated heterocycles. The molecule has 2 heterocycles. The molecular weight excluding hydrogens is 529 g/mol. The predicted octanol–water partition coefficient (Wildman–Crippen LogP) is 4.05. The van der Waals surface area contributed by atoms with Gasteiger partial charge in [0, 0.05) is 42.8 Å². The van der Waals surface area contributed by atoms with E-state index in [1.165, 1.54) is 0 Å². The lowest BCUT2D eigenvalue weighted by Crippen LogP contribution is -2.38. The number of aromatic nitrogens is 4. The van der Waals surface area contributed by atoms with Gasteiger partial charge in [-0.1, -0.05) is 42.7 Å². The van der Waals surface area contributed by atoms with Crippen molar-refractivity contribution in [2.75, 3.05) is 19.6 Å². The summed E-state index contributed by atoms with van der Waals surface area (Å²) in [6.45, 7) is 8.04. The Balaban J connectivity index is 0.00000341. The molecule has 31 heavy (non-hydrogen) atoms. The molecule has 1 unspecified atom stereocenters. The van der Waals surface area contributed by atoms with E-state index in [2.05, 4.69) is 25.9 Å². The summed E-state index contributed by atoms with van der Waals surface area (Å²) in [7, 11) is 0. The van der Waals surface area contributed by atoms with Gasteiger partial charge in [-0.25, -0.2) is 0 Å². The first kappa shape index (κ1) is 25.1.